The summed E-state index contributed by atoms with van der Waals surface area (Å²) in [7, 11) is 0. The number of benzene rings is 2. The van der Waals surface area contributed by atoms with E-state index in [1.54, 1.807) is 18.3 Å². The lowest BCUT2D eigenvalue weighted by Gasteiger charge is -2.35. The highest BCUT2D eigenvalue weighted by molar-refractivity contribution is 6.01. The Morgan fingerprint density at radius 2 is 1.96 bits per heavy atom. The smallest absolute Gasteiger partial charge is 0.175 e. The fourth-order valence-corrected chi connectivity index (χ4v) is 8.82. The molecule has 3 atom stereocenters. The number of aromatic hydroxyl groups is 1. The van der Waals surface area contributed by atoms with Gasteiger partial charge in [-0.3, -0.25) is 9.88 Å². The molecule has 3 unspecified atom stereocenters. The van der Waals surface area contributed by atoms with E-state index in [9.17, 15) is 9.50 Å². The number of nitrogens with zero attached hydrogens (tertiary/aromatic N) is 5. The van der Waals surface area contributed by atoms with Gasteiger partial charge in [0, 0.05) is 55.6 Å². The van der Waals surface area contributed by atoms with Gasteiger partial charge in [-0.2, -0.15) is 0 Å². The van der Waals surface area contributed by atoms with Crippen molar-refractivity contribution in [3.63, 3.8) is 0 Å². The maximum Gasteiger partial charge on any atom is 0.175 e. The molecule has 4 aromatic rings. The second-order valence-electron chi connectivity index (χ2n) is 14.1. The van der Waals surface area contributed by atoms with Crippen LogP contribution in [-0.4, -0.2) is 69.4 Å². The summed E-state index contributed by atoms with van der Waals surface area (Å²) < 4.78 is 47.1. The zero-order chi connectivity index (χ0) is 32.3. The maximum absolute atomic E-state index is 17.0. The average Bonchev–Trinajstić information content (AvgIpc) is 3.58. The summed E-state index contributed by atoms with van der Waals surface area (Å²) in [4.78, 5) is 19.1. The van der Waals surface area contributed by atoms with Crippen LogP contribution in [-0.2, 0) is 12.8 Å². The Bertz CT molecular complexity index is 1880. The minimum absolute atomic E-state index is 0.00950. The second-order valence-corrected chi connectivity index (χ2v) is 14.1. The zero-order valence-electron chi connectivity index (χ0n) is 26.7. The van der Waals surface area contributed by atoms with E-state index in [0.717, 1.165) is 70.4 Å². The van der Waals surface area contributed by atoms with Crippen molar-refractivity contribution >= 4 is 27.5 Å². The molecule has 2 aromatic carbocycles. The third kappa shape index (κ3) is 5.48. The van der Waals surface area contributed by atoms with Gasteiger partial charge in [0.25, 0.3) is 0 Å². The lowest BCUT2D eigenvalue weighted by atomic mass is 9.88. The SMILES string of the molecule is C=C1CCc2c(F)ccc3cc(O)cc(c23)-c2ncc3c(nc(CCC45CCCN4CC(F)C5)nc3c2F)N2CCCC(CCN1)C2. The number of halogens is 3. The predicted molar refractivity (Wildman–Crippen MR) is 178 cm³/mol. The fourth-order valence-electron chi connectivity index (χ4n) is 8.82. The summed E-state index contributed by atoms with van der Waals surface area (Å²) >= 11 is 0. The minimum Gasteiger partial charge on any atom is -0.508 e. The van der Waals surface area contributed by atoms with Crippen LogP contribution in [0.25, 0.3) is 32.9 Å². The molecular weight excluding hydrogens is 601 g/mol. The van der Waals surface area contributed by atoms with Gasteiger partial charge in [0.05, 0.1) is 5.39 Å². The molecule has 3 fully saturated rings. The largest absolute Gasteiger partial charge is 0.508 e. The van der Waals surface area contributed by atoms with Crippen LogP contribution in [0, 0.1) is 17.6 Å². The summed E-state index contributed by atoms with van der Waals surface area (Å²) in [6, 6.07) is 6.03. The van der Waals surface area contributed by atoms with Crippen LogP contribution in [0.3, 0.4) is 0 Å². The third-order valence-electron chi connectivity index (χ3n) is 11.1. The van der Waals surface area contributed by atoms with E-state index in [1.807, 2.05) is 0 Å². The van der Waals surface area contributed by atoms with Gasteiger partial charge < -0.3 is 15.3 Å². The van der Waals surface area contributed by atoms with E-state index in [1.165, 1.54) is 12.1 Å². The van der Waals surface area contributed by atoms with Crippen molar-refractivity contribution in [1.82, 2.24) is 25.2 Å². The molecule has 0 radical (unpaired) electrons. The monoisotopic (exact) mass is 642 g/mol. The van der Waals surface area contributed by atoms with Crippen molar-refractivity contribution in [2.24, 2.45) is 5.92 Å². The van der Waals surface area contributed by atoms with Crippen LogP contribution in [0.5, 0.6) is 5.75 Å². The normalized spacial score (nSPS) is 25.1. The number of aromatic nitrogens is 3. The number of rotatable bonds is 3. The van der Waals surface area contributed by atoms with Crippen molar-refractivity contribution < 1.29 is 18.3 Å². The highest BCUT2D eigenvalue weighted by atomic mass is 19.1. The van der Waals surface area contributed by atoms with E-state index >= 15 is 8.78 Å². The van der Waals surface area contributed by atoms with Gasteiger partial charge in [0.2, 0.25) is 0 Å². The van der Waals surface area contributed by atoms with Crippen molar-refractivity contribution in [2.45, 2.75) is 75.9 Å². The Balaban J connectivity index is 1.30. The molecule has 0 amide bonds. The first-order chi connectivity index (χ1) is 22.8. The van der Waals surface area contributed by atoms with Gasteiger partial charge in [0.15, 0.2) is 5.82 Å². The molecule has 2 N–H and O–H groups in total. The number of anilines is 1. The quantitative estimate of drug-likeness (QED) is 0.249. The number of hydrogen-bond donors (Lipinski definition) is 2. The minimum atomic E-state index is -0.825. The lowest BCUT2D eigenvalue weighted by molar-refractivity contribution is 0.181. The van der Waals surface area contributed by atoms with E-state index in [-0.39, 0.29) is 22.5 Å². The molecule has 7 nitrogen and oxygen atoms in total. The summed E-state index contributed by atoms with van der Waals surface area (Å²) in [5.74, 6) is 0.552. The number of allylic oxidation sites excluding steroid dienone is 1. The van der Waals surface area contributed by atoms with Gasteiger partial charge in [-0.1, -0.05) is 12.6 Å². The van der Waals surface area contributed by atoms with Crippen molar-refractivity contribution in [3.8, 4) is 17.0 Å². The number of aryl methyl sites for hydroxylation is 2. The second kappa shape index (κ2) is 12.0. The molecule has 0 aliphatic carbocycles. The number of hydrogen-bond acceptors (Lipinski definition) is 7. The van der Waals surface area contributed by atoms with Crippen LogP contribution in [0.4, 0.5) is 19.0 Å². The molecule has 5 aliphatic rings. The number of nitrogens with one attached hydrogen (secondary N) is 1. The topological polar surface area (TPSA) is 77.4 Å². The van der Waals surface area contributed by atoms with E-state index in [2.05, 4.69) is 26.7 Å². The predicted octanol–water partition coefficient (Wildman–Crippen LogP) is 6.99. The molecule has 10 heteroatoms. The molecule has 47 heavy (non-hydrogen) atoms. The molecule has 0 spiro atoms. The van der Waals surface area contributed by atoms with Gasteiger partial charge in [0.1, 0.15) is 40.6 Å². The highest BCUT2D eigenvalue weighted by Gasteiger charge is 2.48. The lowest BCUT2D eigenvalue weighted by Crippen LogP contribution is -2.39. The van der Waals surface area contributed by atoms with Crippen LogP contribution < -0.4 is 10.2 Å². The Morgan fingerprint density at radius 3 is 2.85 bits per heavy atom. The third-order valence-corrected chi connectivity index (χ3v) is 11.1. The molecule has 6 bridgehead atoms. The number of phenolic OH excluding ortho intramolecular Hbond substituents is 1. The van der Waals surface area contributed by atoms with E-state index < -0.39 is 17.8 Å². The van der Waals surface area contributed by atoms with Crippen molar-refractivity contribution in [3.05, 3.63) is 65.8 Å². The highest BCUT2D eigenvalue weighted by Crippen LogP contribution is 2.44. The Kier molecular flexibility index (Phi) is 7.73. The standard InChI is InChI=1S/C37H41F3N6O/c1-22-5-7-27-30(39)8-6-24-16-26(47)17-28(32(24)27)34-33(40)35-29(19-42-34)36(45-14-2-4-23(20-45)10-13-41-22)44-31(43-35)9-12-37-11-3-15-46(37)21-25(38)18-37/h6,8,16-17,19,23,25,41,47H,1-5,7,9-15,18,20-21H2. The molecule has 246 valence electrons. The fraction of sp³-hybridized carbons (Fsp3) is 0.486. The Labute approximate surface area is 272 Å². The summed E-state index contributed by atoms with van der Waals surface area (Å²) in [6.07, 6.45) is 8.46. The zero-order valence-corrected chi connectivity index (χ0v) is 26.7. The Hall–Kier alpha value is -3.92. The summed E-state index contributed by atoms with van der Waals surface area (Å²) in [5, 5.41) is 15.8. The van der Waals surface area contributed by atoms with Crippen LogP contribution in [0.2, 0.25) is 0 Å². The van der Waals surface area contributed by atoms with Crippen LogP contribution in [0.15, 0.2) is 42.7 Å². The Morgan fingerprint density at radius 1 is 1.06 bits per heavy atom. The van der Waals surface area contributed by atoms with E-state index in [0.29, 0.717) is 77.1 Å². The molecule has 9 rings (SSSR count). The van der Waals surface area contributed by atoms with Crippen molar-refractivity contribution in [2.75, 3.05) is 37.6 Å². The first-order valence-electron chi connectivity index (χ1n) is 17.1. The summed E-state index contributed by atoms with van der Waals surface area (Å²) in [6.45, 7) is 7.94. The first kappa shape index (κ1) is 30.4. The molecule has 2 aromatic heterocycles. The molecular formula is C37H41F3N6O. The number of fused-ring (bicyclic) bond motifs is 7. The van der Waals surface area contributed by atoms with Crippen molar-refractivity contribution in [1.29, 1.82) is 0 Å². The van der Waals surface area contributed by atoms with Gasteiger partial charge in [-0.25, -0.2) is 23.1 Å². The number of alkyl halides is 1. The average molecular weight is 643 g/mol. The molecule has 5 aliphatic heterocycles. The van der Waals surface area contributed by atoms with Crippen LogP contribution >= 0.6 is 0 Å². The number of pyridine rings is 1. The van der Waals surface area contributed by atoms with Gasteiger partial charge in [-0.05, 0) is 105 Å². The van der Waals surface area contributed by atoms with Gasteiger partial charge in [-0.15, -0.1) is 0 Å². The first-order valence-corrected chi connectivity index (χ1v) is 17.1. The maximum atomic E-state index is 17.0. The molecule has 3 saturated heterocycles. The summed E-state index contributed by atoms with van der Waals surface area (Å²) in [5.41, 5.74) is 1.56. The molecule has 7 heterocycles. The molecule has 0 saturated carbocycles. The number of phenols is 1. The van der Waals surface area contributed by atoms with Gasteiger partial charge >= 0.3 is 0 Å². The van der Waals surface area contributed by atoms with E-state index in [4.69, 9.17) is 9.97 Å². The van der Waals surface area contributed by atoms with Crippen LogP contribution in [0.1, 0.15) is 62.8 Å². The number of piperidine rings is 1.